The fourth-order valence-corrected chi connectivity index (χ4v) is 1.70. The van der Waals surface area contributed by atoms with Gasteiger partial charge in [-0.1, -0.05) is 0 Å². The first-order valence-corrected chi connectivity index (χ1v) is 4.80. The van der Waals surface area contributed by atoms with Gasteiger partial charge in [0.1, 0.15) is 0 Å². The summed E-state index contributed by atoms with van der Waals surface area (Å²) in [6, 6.07) is 0.334. The zero-order valence-corrected chi connectivity index (χ0v) is 8.66. The highest BCUT2D eigenvalue weighted by Gasteiger charge is 2.33. The van der Waals surface area contributed by atoms with E-state index in [2.05, 4.69) is 5.32 Å². The highest BCUT2D eigenvalue weighted by molar-refractivity contribution is 5.76. The Morgan fingerprint density at radius 2 is 2.36 bits per heavy atom. The zero-order chi connectivity index (χ0) is 10.8. The molecule has 1 rings (SSSR count). The van der Waals surface area contributed by atoms with Crippen LogP contribution in [0.4, 0.5) is 0 Å². The van der Waals surface area contributed by atoms with Gasteiger partial charge in [0.15, 0.2) is 5.60 Å². The molecule has 5 nitrogen and oxygen atoms in total. The van der Waals surface area contributed by atoms with Crippen molar-refractivity contribution in [1.82, 2.24) is 10.2 Å². The lowest BCUT2D eigenvalue weighted by atomic mass is 10.1. The van der Waals surface area contributed by atoms with Crippen molar-refractivity contribution in [2.24, 2.45) is 0 Å². The second kappa shape index (κ2) is 4.25. The topological polar surface area (TPSA) is 72.8 Å². The van der Waals surface area contributed by atoms with E-state index in [1.165, 1.54) is 6.92 Å². The maximum Gasteiger partial charge on any atom is 0.336 e. The summed E-state index contributed by atoms with van der Waals surface area (Å²) in [6.07, 6.45) is 1.01. The van der Waals surface area contributed by atoms with Crippen molar-refractivity contribution < 1.29 is 15.0 Å². The van der Waals surface area contributed by atoms with E-state index in [1.54, 1.807) is 0 Å². The van der Waals surface area contributed by atoms with E-state index in [4.69, 9.17) is 5.11 Å². The summed E-state index contributed by atoms with van der Waals surface area (Å²) in [4.78, 5) is 12.6. The van der Waals surface area contributed by atoms with Crippen LogP contribution < -0.4 is 5.32 Å². The van der Waals surface area contributed by atoms with E-state index >= 15 is 0 Å². The molecule has 3 N–H and O–H groups in total. The quantitative estimate of drug-likeness (QED) is 0.552. The molecule has 0 radical (unpaired) electrons. The van der Waals surface area contributed by atoms with Gasteiger partial charge in [-0.2, -0.15) is 0 Å². The smallest absolute Gasteiger partial charge is 0.336 e. The lowest BCUT2D eigenvalue weighted by molar-refractivity contribution is -0.158. The van der Waals surface area contributed by atoms with Crippen molar-refractivity contribution in [3.8, 4) is 0 Å². The number of carboxylic acids is 1. The summed E-state index contributed by atoms with van der Waals surface area (Å²) in [6.45, 7) is 3.32. The number of hydrogen-bond donors (Lipinski definition) is 3. The van der Waals surface area contributed by atoms with Crippen LogP contribution in [0, 0.1) is 0 Å². The van der Waals surface area contributed by atoms with E-state index in [1.807, 2.05) is 11.9 Å². The maximum atomic E-state index is 10.7. The molecule has 1 fully saturated rings. The lowest BCUT2D eigenvalue weighted by Gasteiger charge is -2.29. The van der Waals surface area contributed by atoms with Crippen LogP contribution in [0.15, 0.2) is 0 Å². The van der Waals surface area contributed by atoms with Crippen LogP contribution in [0.3, 0.4) is 0 Å². The molecule has 0 saturated carbocycles. The summed E-state index contributed by atoms with van der Waals surface area (Å²) in [5.41, 5.74) is -1.66. The van der Waals surface area contributed by atoms with Crippen molar-refractivity contribution >= 4 is 5.97 Å². The van der Waals surface area contributed by atoms with Crippen LogP contribution in [-0.4, -0.2) is 59.4 Å². The summed E-state index contributed by atoms with van der Waals surface area (Å²) >= 11 is 0. The van der Waals surface area contributed by atoms with E-state index in [0.717, 1.165) is 19.5 Å². The fraction of sp³-hybridized carbons (Fsp3) is 0.889. The van der Waals surface area contributed by atoms with Gasteiger partial charge in [0.2, 0.25) is 0 Å². The normalized spacial score (nSPS) is 26.4. The summed E-state index contributed by atoms with van der Waals surface area (Å²) in [7, 11) is 1.84. The van der Waals surface area contributed by atoms with Gasteiger partial charge in [-0.3, -0.25) is 4.90 Å². The number of aliphatic hydroxyl groups is 1. The number of likely N-dealkylation sites (N-methyl/N-ethyl adjacent to an activating group) is 1. The van der Waals surface area contributed by atoms with Crippen LogP contribution >= 0.6 is 0 Å². The average molecular weight is 202 g/mol. The van der Waals surface area contributed by atoms with Crippen LogP contribution in [0.5, 0.6) is 0 Å². The molecule has 0 spiro atoms. The molecule has 2 atom stereocenters. The molecule has 14 heavy (non-hydrogen) atoms. The SMILES string of the molecule is CN(CC(C)(O)C(=O)O)C1CCNC1. The molecule has 0 aromatic carbocycles. The van der Waals surface area contributed by atoms with Crippen LogP contribution in [-0.2, 0) is 4.79 Å². The van der Waals surface area contributed by atoms with Crippen LogP contribution in [0.1, 0.15) is 13.3 Å². The molecular formula is C9H18N2O3. The highest BCUT2D eigenvalue weighted by Crippen LogP contribution is 2.11. The third-order valence-corrected chi connectivity index (χ3v) is 2.68. The summed E-state index contributed by atoms with van der Waals surface area (Å²) in [5.74, 6) is -1.17. The van der Waals surface area contributed by atoms with Gasteiger partial charge in [0.05, 0.1) is 0 Å². The first kappa shape index (κ1) is 11.4. The van der Waals surface area contributed by atoms with Gasteiger partial charge in [-0.25, -0.2) is 4.79 Å². The standard InChI is InChI=1S/C9H18N2O3/c1-9(14,8(12)13)6-11(2)7-3-4-10-5-7/h7,10,14H,3-6H2,1-2H3,(H,12,13). The van der Waals surface area contributed by atoms with Crippen LogP contribution in [0.2, 0.25) is 0 Å². The third-order valence-electron chi connectivity index (χ3n) is 2.68. The Morgan fingerprint density at radius 3 is 2.79 bits per heavy atom. The minimum absolute atomic E-state index is 0.161. The minimum atomic E-state index is -1.66. The Labute approximate surface area is 83.7 Å². The third kappa shape index (κ3) is 2.67. The van der Waals surface area contributed by atoms with Crippen molar-refractivity contribution in [2.45, 2.75) is 25.0 Å². The number of rotatable bonds is 4. The van der Waals surface area contributed by atoms with Crippen molar-refractivity contribution in [2.75, 3.05) is 26.7 Å². The Balaban J connectivity index is 2.46. The predicted octanol–water partition coefficient (Wildman–Crippen LogP) is -0.884. The second-order valence-corrected chi connectivity index (χ2v) is 4.14. The Morgan fingerprint density at radius 1 is 1.71 bits per heavy atom. The number of carboxylic acid groups (broad SMARTS) is 1. The molecule has 1 aliphatic rings. The average Bonchev–Trinajstić information content (AvgIpc) is 2.54. The molecule has 1 heterocycles. The van der Waals surface area contributed by atoms with Gasteiger partial charge < -0.3 is 15.5 Å². The van der Waals surface area contributed by atoms with Gasteiger partial charge in [-0.15, -0.1) is 0 Å². The minimum Gasteiger partial charge on any atom is -0.479 e. The number of carbonyl (C=O) groups is 1. The van der Waals surface area contributed by atoms with Crippen molar-refractivity contribution in [3.63, 3.8) is 0 Å². The Bertz CT molecular complexity index is 212. The second-order valence-electron chi connectivity index (χ2n) is 4.14. The van der Waals surface area contributed by atoms with Crippen molar-refractivity contribution in [3.05, 3.63) is 0 Å². The molecule has 82 valence electrons. The fourth-order valence-electron chi connectivity index (χ4n) is 1.70. The molecule has 0 amide bonds. The van der Waals surface area contributed by atoms with E-state index < -0.39 is 11.6 Å². The van der Waals surface area contributed by atoms with Gasteiger partial charge in [0, 0.05) is 19.1 Å². The first-order valence-electron chi connectivity index (χ1n) is 4.80. The molecule has 0 aromatic rings. The molecule has 0 bridgehead atoms. The molecule has 1 aliphatic heterocycles. The molecule has 1 saturated heterocycles. The largest absolute Gasteiger partial charge is 0.479 e. The molecule has 0 aromatic heterocycles. The monoisotopic (exact) mass is 202 g/mol. The van der Waals surface area contributed by atoms with Gasteiger partial charge in [0.25, 0.3) is 0 Å². The number of aliphatic carboxylic acids is 1. The highest BCUT2D eigenvalue weighted by atomic mass is 16.4. The first-order chi connectivity index (χ1) is 6.43. The summed E-state index contributed by atoms with van der Waals surface area (Å²) < 4.78 is 0. The van der Waals surface area contributed by atoms with E-state index in [9.17, 15) is 9.90 Å². The summed E-state index contributed by atoms with van der Waals surface area (Å²) in [5, 5.41) is 21.5. The van der Waals surface area contributed by atoms with Crippen molar-refractivity contribution in [1.29, 1.82) is 0 Å². The maximum absolute atomic E-state index is 10.7. The number of nitrogens with zero attached hydrogens (tertiary/aromatic N) is 1. The zero-order valence-electron chi connectivity index (χ0n) is 8.66. The Kier molecular flexibility index (Phi) is 3.47. The lowest BCUT2D eigenvalue weighted by Crippen LogP contribution is -2.49. The van der Waals surface area contributed by atoms with Crippen LogP contribution in [0.25, 0.3) is 0 Å². The van der Waals surface area contributed by atoms with Gasteiger partial charge in [-0.05, 0) is 26.9 Å². The van der Waals surface area contributed by atoms with E-state index in [-0.39, 0.29) is 6.54 Å². The molecular weight excluding hydrogens is 184 g/mol. The predicted molar refractivity (Wildman–Crippen MR) is 52.2 cm³/mol. The molecule has 5 heteroatoms. The number of hydrogen-bond acceptors (Lipinski definition) is 4. The Hall–Kier alpha value is -0.650. The molecule has 2 unspecified atom stereocenters. The van der Waals surface area contributed by atoms with E-state index in [0.29, 0.717) is 6.04 Å². The molecule has 0 aliphatic carbocycles. The van der Waals surface area contributed by atoms with Gasteiger partial charge >= 0.3 is 5.97 Å². The number of nitrogens with one attached hydrogen (secondary N) is 1.